The smallest absolute Gasteiger partial charge is 0.177 e. The van der Waals surface area contributed by atoms with Crippen LogP contribution in [0, 0.1) is 0 Å². The van der Waals surface area contributed by atoms with Gasteiger partial charge in [0.1, 0.15) is 23.2 Å². The molecule has 7 aromatic carbocycles. The fourth-order valence-corrected chi connectivity index (χ4v) is 9.37. The predicted octanol–water partition coefficient (Wildman–Crippen LogP) is 12.2. The van der Waals surface area contributed by atoms with Gasteiger partial charge in [-0.2, -0.15) is 0 Å². The van der Waals surface area contributed by atoms with E-state index < -0.39 is 11.1 Å². The van der Waals surface area contributed by atoms with Gasteiger partial charge in [0.2, 0.25) is 0 Å². The highest BCUT2D eigenvalue weighted by Crippen LogP contribution is 2.62. The van der Waals surface area contributed by atoms with Gasteiger partial charge in [0.25, 0.3) is 0 Å². The van der Waals surface area contributed by atoms with Gasteiger partial charge in [-0.05, 0) is 88.5 Å². The number of nitrogens with zero attached hydrogens (tertiary/aromatic N) is 2. The zero-order chi connectivity index (χ0) is 38.0. The van der Waals surface area contributed by atoms with E-state index in [2.05, 4.69) is 200 Å². The Balaban J connectivity index is 1.08. The fourth-order valence-electron chi connectivity index (χ4n) is 9.37. The van der Waals surface area contributed by atoms with Gasteiger partial charge in [0.05, 0.1) is 5.41 Å². The Labute approximate surface area is 333 Å². The van der Waals surface area contributed by atoms with E-state index in [0.717, 1.165) is 75.0 Å². The van der Waals surface area contributed by atoms with E-state index in [-0.39, 0.29) is 0 Å². The van der Waals surface area contributed by atoms with Crippen LogP contribution in [0.15, 0.2) is 198 Å². The van der Waals surface area contributed by atoms with Crippen molar-refractivity contribution in [2.24, 2.45) is 9.98 Å². The molecule has 1 N–H and O–H groups in total. The first-order chi connectivity index (χ1) is 28.1. The van der Waals surface area contributed by atoms with E-state index >= 15 is 0 Å². The van der Waals surface area contributed by atoms with Crippen LogP contribution in [0.4, 0.5) is 0 Å². The second-order valence-electron chi connectivity index (χ2n) is 15.4. The maximum Gasteiger partial charge on any atom is 0.177 e. The molecule has 0 saturated carbocycles. The average Bonchev–Trinajstić information content (AvgIpc) is 3.57. The van der Waals surface area contributed by atoms with Crippen molar-refractivity contribution in [2.45, 2.75) is 30.8 Å². The molecule has 2 aliphatic heterocycles. The first kappa shape index (κ1) is 33.3. The van der Waals surface area contributed by atoms with Crippen molar-refractivity contribution in [3.8, 4) is 33.8 Å². The quantitative estimate of drug-likeness (QED) is 0.191. The molecule has 0 bridgehead atoms. The Hall–Kier alpha value is -7.04. The third kappa shape index (κ3) is 5.28. The van der Waals surface area contributed by atoms with Crippen LogP contribution in [0.3, 0.4) is 0 Å². The van der Waals surface area contributed by atoms with Crippen molar-refractivity contribution in [2.75, 3.05) is 0 Å². The number of para-hydroxylation sites is 1. The molecule has 4 aliphatic rings. The second kappa shape index (κ2) is 13.0. The van der Waals surface area contributed by atoms with Gasteiger partial charge in [-0.25, -0.2) is 9.98 Å². The molecule has 2 aliphatic carbocycles. The number of aliphatic imine (C=N–C) groups is 2. The minimum atomic E-state index is -0.909. The van der Waals surface area contributed by atoms with Gasteiger partial charge in [0.15, 0.2) is 5.66 Å². The lowest BCUT2D eigenvalue weighted by Crippen LogP contribution is -2.41. The molecule has 0 saturated heterocycles. The highest BCUT2D eigenvalue weighted by atomic mass is 16.5. The maximum absolute atomic E-state index is 6.90. The molecular formula is C53H39N3O. The summed E-state index contributed by atoms with van der Waals surface area (Å²) in [5.41, 5.74) is 13.7. The summed E-state index contributed by atoms with van der Waals surface area (Å²) in [6, 6.07) is 60.7. The Kier molecular flexibility index (Phi) is 7.62. The number of hydrogen-bond donors (Lipinski definition) is 1. The van der Waals surface area contributed by atoms with Crippen LogP contribution >= 0.6 is 0 Å². The molecule has 1 spiro atoms. The molecule has 0 amide bonds. The van der Waals surface area contributed by atoms with Crippen LogP contribution in [-0.2, 0) is 11.1 Å². The van der Waals surface area contributed by atoms with Gasteiger partial charge in [-0.15, -0.1) is 0 Å². The van der Waals surface area contributed by atoms with Crippen molar-refractivity contribution in [1.82, 2.24) is 5.32 Å². The van der Waals surface area contributed by atoms with Crippen LogP contribution < -0.4 is 10.1 Å². The van der Waals surface area contributed by atoms with Crippen molar-refractivity contribution in [1.29, 1.82) is 0 Å². The van der Waals surface area contributed by atoms with Crippen molar-refractivity contribution >= 4 is 17.2 Å². The average molecular weight is 734 g/mol. The van der Waals surface area contributed by atoms with Crippen LogP contribution in [0.1, 0.15) is 64.3 Å². The van der Waals surface area contributed by atoms with Gasteiger partial charge >= 0.3 is 0 Å². The Bertz CT molecular complexity index is 2840. The molecule has 272 valence electrons. The monoisotopic (exact) mass is 733 g/mol. The Morgan fingerprint density at radius 3 is 1.88 bits per heavy atom. The molecular weight excluding hydrogens is 695 g/mol. The van der Waals surface area contributed by atoms with Gasteiger partial charge in [-0.3, -0.25) is 0 Å². The normalized spacial score (nSPS) is 18.2. The topological polar surface area (TPSA) is 46.0 Å². The number of rotatable bonds is 5. The second-order valence-corrected chi connectivity index (χ2v) is 15.4. The summed E-state index contributed by atoms with van der Waals surface area (Å²) in [6.45, 7) is 2.12. The summed E-state index contributed by atoms with van der Waals surface area (Å²) in [7, 11) is 0. The number of allylic oxidation sites excluding steroid dienone is 4. The predicted molar refractivity (Wildman–Crippen MR) is 232 cm³/mol. The van der Waals surface area contributed by atoms with Crippen molar-refractivity contribution in [3.63, 3.8) is 0 Å². The lowest BCUT2D eigenvalue weighted by molar-refractivity contribution is 0.436. The summed E-state index contributed by atoms with van der Waals surface area (Å²) >= 11 is 0. The number of amidine groups is 2. The van der Waals surface area contributed by atoms with E-state index in [1.165, 1.54) is 33.4 Å². The molecule has 0 aromatic heterocycles. The third-order valence-corrected chi connectivity index (χ3v) is 12.1. The van der Waals surface area contributed by atoms with Crippen LogP contribution in [0.2, 0.25) is 0 Å². The first-order valence-corrected chi connectivity index (χ1v) is 19.8. The Morgan fingerprint density at radius 2 is 1.12 bits per heavy atom. The van der Waals surface area contributed by atoms with Crippen molar-refractivity contribution < 1.29 is 4.74 Å². The molecule has 0 fully saturated rings. The molecule has 1 unspecified atom stereocenters. The summed E-state index contributed by atoms with van der Waals surface area (Å²) in [5.74, 6) is 3.19. The standard InChI is InChI=1S/C53H39N3O/c1-52(41-23-15-21-38(33-41)36-18-6-3-7-19-36)55-50(39-22-14-20-37(32-39)35-16-4-2-5-17-35)54-51(56-52)40-30-31-47-49(34-40)57-48-29-13-12-28-46(48)53(47)44-26-10-8-24-42(44)43-25-9-11-27-45(43)53/h2-6,8-18,20-34H,7,19H2,1H3,(H,54,55,56). The highest BCUT2D eigenvalue weighted by Gasteiger charge is 2.51. The minimum absolute atomic E-state index is 0.528. The van der Waals surface area contributed by atoms with Crippen LogP contribution in [-0.4, -0.2) is 11.7 Å². The molecule has 4 nitrogen and oxygen atoms in total. The minimum Gasteiger partial charge on any atom is -0.457 e. The molecule has 7 aromatic rings. The van der Waals surface area contributed by atoms with Crippen molar-refractivity contribution in [3.05, 3.63) is 233 Å². The molecule has 0 radical (unpaired) electrons. The Morgan fingerprint density at radius 1 is 0.509 bits per heavy atom. The molecule has 57 heavy (non-hydrogen) atoms. The number of nitrogens with one attached hydrogen (secondary N) is 1. The number of hydrogen-bond acceptors (Lipinski definition) is 4. The van der Waals surface area contributed by atoms with Gasteiger partial charge in [-0.1, -0.05) is 164 Å². The maximum atomic E-state index is 6.90. The van der Waals surface area contributed by atoms with E-state index in [4.69, 9.17) is 14.7 Å². The number of fused-ring (bicyclic) bond motifs is 9. The van der Waals surface area contributed by atoms with E-state index in [0.29, 0.717) is 0 Å². The fraction of sp³-hybridized carbons (Fsp3) is 0.0943. The summed E-state index contributed by atoms with van der Waals surface area (Å²) in [5, 5.41) is 3.71. The van der Waals surface area contributed by atoms with E-state index in [1.807, 2.05) is 0 Å². The molecule has 1 atom stereocenters. The number of ether oxygens (including phenoxy) is 1. The zero-order valence-electron chi connectivity index (χ0n) is 31.6. The molecule has 11 rings (SSSR count). The first-order valence-electron chi connectivity index (χ1n) is 19.8. The lowest BCUT2D eigenvalue weighted by atomic mass is 9.66. The summed E-state index contributed by atoms with van der Waals surface area (Å²) < 4.78 is 6.90. The van der Waals surface area contributed by atoms with Crippen LogP contribution in [0.25, 0.3) is 27.8 Å². The van der Waals surface area contributed by atoms with E-state index in [1.54, 1.807) is 0 Å². The zero-order valence-corrected chi connectivity index (χ0v) is 31.6. The lowest BCUT2D eigenvalue weighted by Gasteiger charge is -2.39. The summed E-state index contributed by atoms with van der Waals surface area (Å²) in [6.07, 6.45) is 8.68. The third-order valence-electron chi connectivity index (χ3n) is 12.1. The summed E-state index contributed by atoms with van der Waals surface area (Å²) in [4.78, 5) is 10.9. The van der Waals surface area contributed by atoms with Gasteiger partial charge < -0.3 is 10.1 Å². The van der Waals surface area contributed by atoms with Gasteiger partial charge in [0, 0.05) is 27.8 Å². The molecule has 2 heterocycles. The van der Waals surface area contributed by atoms with E-state index in [9.17, 15) is 0 Å². The highest BCUT2D eigenvalue weighted by molar-refractivity contribution is 6.16. The largest absolute Gasteiger partial charge is 0.457 e. The van der Waals surface area contributed by atoms with Crippen LogP contribution in [0.5, 0.6) is 11.5 Å². The SMILES string of the molecule is CC1(c2cccc(C3=CC=CCC3)c2)N=C(c2cccc(-c3ccccc3)c2)NC(c2ccc3c(c2)Oc2ccccc2C32c3ccccc3-c3ccccc32)=N1. The molecule has 4 heteroatoms. The number of benzene rings is 7.